The van der Waals surface area contributed by atoms with Crippen LogP contribution in [0.15, 0.2) is 42.5 Å². The zero-order valence-corrected chi connectivity index (χ0v) is 15.2. The fourth-order valence-corrected chi connectivity index (χ4v) is 2.98. The summed E-state index contributed by atoms with van der Waals surface area (Å²) in [5.74, 6) is -0.261. The molecule has 0 fully saturated rings. The number of carbonyl (C=O) groups excluding carboxylic acids is 1. The zero-order chi connectivity index (χ0) is 17.5. The smallest absolute Gasteiger partial charge is 0.257 e. The number of aromatic nitrogens is 1. The second-order valence-corrected chi connectivity index (χ2v) is 7.66. The molecule has 0 aliphatic rings. The average Bonchev–Trinajstić information content (AvgIpc) is 2.90. The normalized spacial score (nSPS) is 11.7. The van der Waals surface area contributed by atoms with Crippen LogP contribution in [0.25, 0.3) is 10.9 Å². The van der Waals surface area contributed by atoms with Crippen LogP contribution in [0.5, 0.6) is 0 Å². The maximum absolute atomic E-state index is 12.4. The van der Waals surface area contributed by atoms with E-state index in [0.717, 1.165) is 22.3 Å². The van der Waals surface area contributed by atoms with Crippen LogP contribution < -0.4 is 5.32 Å². The molecule has 1 heterocycles. The Labute approximate surface area is 151 Å². The van der Waals surface area contributed by atoms with E-state index in [1.54, 1.807) is 18.2 Å². The van der Waals surface area contributed by atoms with Gasteiger partial charge in [-0.3, -0.25) is 4.79 Å². The maximum Gasteiger partial charge on any atom is 0.257 e. The Balaban J connectivity index is 1.88. The van der Waals surface area contributed by atoms with E-state index in [1.807, 2.05) is 18.2 Å². The Hall–Kier alpha value is -1.97. The summed E-state index contributed by atoms with van der Waals surface area (Å²) in [4.78, 5) is 15.8. The zero-order valence-electron chi connectivity index (χ0n) is 13.7. The molecule has 3 aromatic rings. The second kappa shape index (κ2) is 6.15. The van der Waals surface area contributed by atoms with Gasteiger partial charge in [-0.15, -0.1) is 0 Å². The van der Waals surface area contributed by atoms with E-state index in [9.17, 15) is 4.79 Å². The van der Waals surface area contributed by atoms with Gasteiger partial charge in [0.05, 0.1) is 10.6 Å². The molecule has 24 heavy (non-hydrogen) atoms. The van der Waals surface area contributed by atoms with Crippen LogP contribution in [0.3, 0.4) is 0 Å². The number of amides is 1. The quantitative estimate of drug-likeness (QED) is 0.576. The minimum absolute atomic E-state index is 0.0409. The summed E-state index contributed by atoms with van der Waals surface area (Å²) >= 11 is 12.0. The summed E-state index contributed by atoms with van der Waals surface area (Å²) in [5, 5.41) is 4.77. The Bertz CT molecular complexity index is 923. The third-order valence-corrected chi connectivity index (χ3v) is 4.41. The van der Waals surface area contributed by atoms with Crippen LogP contribution >= 0.6 is 23.2 Å². The largest absolute Gasteiger partial charge is 0.358 e. The number of nitrogens with one attached hydrogen (secondary N) is 2. The van der Waals surface area contributed by atoms with Crippen molar-refractivity contribution in [3.05, 3.63) is 63.8 Å². The number of hydrogen-bond acceptors (Lipinski definition) is 1. The molecule has 5 heteroatoms. The van der Waals surface area contributed by atoms with Crippen LogP contribution in [-0.2, 0) is 5.41 Å². The Morgan fingerprint density at radius 2 is 1.79 bits per heavy atom. The van der Waals surface area contributed by atoms with Crippen LogP contribution in [0.2, 0.25) is 10.0 Å². The van der Waals surface area contributed by atoms with E-state index in [4.69, 9.17) is 23.2 Å². The Kier molecular flexibility index (Phi) is 4.33. The lowest BCUT2D eigenvalue weighted by atomic mass is 9.92. The van der Waals surface area contributed by atoms with Gasteiger partial charge in [0, 0.05) is 32.7 Å². The monoisotopic (exact) mass is 360 g/mol. The van der Waals surface area contributed by atoms with Gasteiger partial charge in [0.15, 0.2) is 0 Å². The lowest BCUT2D eigenvalue weighted by Crippen LogP contribution is -2.12. The van der Waals surface area contributed by atoms with Crippen molar-refractivity contribution in [3.63, 3.8) is 0 Å². The molecule has 1 aromatic heterocycles. The highest BCUT2D eigenvalue weighted by Gasteiger charge is 2.17. The number of rotatable bonds is 2. The number of anilines is 1. The Morgan fingerprint density at radius 1 is 1.04 bits per heavy atom. The summed E-state index contributed by atoms with van der Waals surface area (Å²) in [6.07, 6.45) is 0. The lowest BCUT2D eigenvalue weighted by molar-refractivity contribution is 0.102. The van der Waals surface area contributed by atoms with Crippen molar-refractivity contribution in [2.45, 2.75) is 26.2 Å². The van der Waals surface area contributed by atoms with Crippen molar-refractivity contribution < 1.29 is 4.79 Å². The molecule has 0 radical (unpaired) electrons. The molecule has 2 N–H and O–H groups in total. The number of fused-ring (bicyclic) bond motifs is 1. The van der Waals surface area contributed by atoms with Crippen molar-refractivity contribution in [2.24, 2.45) is 0 Å². The van der Waals surface area contributed by atoms with Crippen LogP contribution in [0.4, 0.5) is 5.69 Å². The van der Waals surface area contributed by atoms with E-state index in [-0.39, 0.29) is 11.3 Å². The first-order chi connectivity index (χ1) is 11.2. The fraction of sp³-hybridized carbons (Fsp3) is 0.211. The summed E-state index contributed by atoms with van der Waals surface area (Å²) in [6.45, 7) is 6.47. The summed E-state index contributed by atoms with van der Waals surface area (Å²) in [7, 11) is 0. The Morgan fingerprint density at radius 3 is 2.46 bits per heavy atom. The number of H-pyrrole nitrogens is 1. The van der Waals surface area contributed by atoms with Crippen molar-refractivity contribution in [2.75, 3.05) is 5.32 Å². The number of halogens is 2. The fourth-order valence-electron chi connectivity index (χ4n) is 2.49. The lowest BCUT2D eigenvalue weighted by Gasteiger charge is -2.15. The third-order valence-electron chi connectivity index (χ3n) is 3.86. The first-order valence-electron chi connectivity index (χ1n) is 7.64. The molecule has 0 spiro atoms. The standard InChI is InChI=1S/C19H18Cl2N2O/c1-19(2,3)17-9-11-8-13(5-7-16(11)23-17)22-18(24)14-6-4-12(20)10-15(14)21/h4-10,23H,1-3H3,(H,22,24). The molecule has 0 aliphatic heterocycles. The molecule has 3 nitrogen and oxygen atoms in total. The average molecular weight is 361 g/mol. The van der Waals surface area contributed by atoms with Gasteiger partial charge in [-0.05, 0) is 42.5 Å². The van der Waals surface area contributed by atoms with E-state index < -0.39 is 0 Å². The highest BCUT2D eigenvalue weighted by molar-refractivity contribution is 6.37. The maximum atomic E-state index is 12.4. The van der Waals surface area contributed by atoms with Crippen molar-refractivity contribution in [1.82, 2.24) is 4.98 Å². The van der Waals surface area contributed by atoms with Crippen molar-refractivity contribution in [3.8, 4) is 0 Å². The number of carbonyl (C=O) groups is 1. The van der Waals surface area contributed by atoms with Gasteiger partial charge in [0.1, 0.15) is 0 Å². The van der Waals surface area contributed by atoms with Gasteiger partial charge in [-0.25, -0.2) is 0 Å². The van der Waals surface area contributed by atoms with Crippen LogP contribution in [0.1, 0.15) is 36.8 Å². The molecule has 1 amide bonds. The predicted octanol–water partition coefficient (Wildman–Crippen LogP) is 6.02. The first-order valence-corrected chi connectivity index (χ1v) is 8.39. The van der Waals surface area contributed by atoms with Crippen LogP contribution in [-0.4, -0.2) is 10.9 Å². The van der Waals surface area contributed by atoms with Crippen molar-refractivity contribution in [1.29, 1.82) is 0 Å². The summed E-state index contributed by atoms with van der Waals surface area (Å²) < 4.78 is 0. The van der Waals surface area contributed by atoms with Gasteiger partial charge in [-0.1, -0.05) is 44.0 Å². The summed E-state index contributed by atoms with van der Waals surface area (Å²) in [6, 6.07) is 12.7. The number of aromatic amines is 1. The minimum atomic E-state index is -0.261. The second-order valence-electron chi connectivity index (χ2n) is 6.81. The molecule has 124 valence electrons. The summed E-state index contributed by atoms with van der Waals surface area (Å²) in [5.41, 5.74) is 3.35. The molecule has 0 aliphatic carbocycles. The van der Waals surface area contributed by atoms with Gasteiger partial charge in [0.2, 0.25) is 0 Å². The van der Waals surface area contributed by atoms with Gasteiger partial charge in [0.25, 0.3) is 5.91 Å². The molecule has 0 bridgehead atoms. The van der Waals surface area contributed by atoms with E-state index in [1.165, 1.54) is 0 Å². The third kappa shape index (κ3) is 3.42. The highest BCUT2D eigenvalue weighted by atomic mass is 35.5. The molecule has 0 unspecified atom stereocenters. The predicted molar refractivity (Wildman–Crippen MR) is 101 cm³/mol. The van der Waals surface area contributed by atoms with Crippen molar-refractivity contribution >= 4 is 45.7 Å². The molecular formula is C19H18Cl2N2O. The van der Waals surface area contributed by atoms with Gasteiger partial charge >= 0.3 is 0 Å². The molecule has 3 rings (SSSR count). The van der Waals surface area contributed by atoms with E-state index in [0.29, 0.717) is 15.6 Å². The molecule has 0 saturated carbocycles. The van der Waals surface area contributed by atoms with E-state index >= 15 is 0 Å². The molecule has 2 aromatic carbocycles. The van der Waals surface area contributed by atoms with Gasteiger partial charge in [-0.2, -0.15) is 0 Å². The minimum Gasteiger partial charge on any atom is -0.358 e. The number of benzene rings is 2. The molecular weight excluding hydrogens is 343 g/mol. The highest BCUT2D eigenvalue weighted by Crippen LogP contribution is 2.28. The van der Waals surface area contributed by atoms with Crippen LogP contribution in [0, 0.1) is 0 Å². The SMILES string of the molecule is CC(C)(C)c1cc2cc(NC(=O)c3ccc(Cl)cc3Cl)ccc2[nH]1. The molecule has 0 saturated heterocycles. The van der Waals surface area contributed by atoms with E-state index in [2.05, 4.69) is 37.1 Å². The van der Waals surface area contributed by atoms with Gasteiger partial charge < -0.3 is 10.3 Å². The molecule has 0 atom stereocenters. The first kappa shape index (κ1) is 16.9. The topological polar surface area (TPSA) is 44.9 Å². The number of hydrogen-bond donors (Lipinski definition) is 2.